The molecule has 24 heavy (non-hydrogen) atoms. The van der Waals surface area contributed by atoms with Crippen LogP contribution in [-0.2, 0) is 0 Å². The summed E-state index contributed by atoms with van der Waals surface area (Å²) in [5, 5.41) is 0.564. The molecule has 0 fully saturated rings. The van der Waals surface area contributed by atoms with Crippen LogP contribution in [0.5, 0.6) is 0 Å². The van der Waals surface area contributed by atoms with Gasteiger partial charge in [-0.05, 0) is 28.1 Å². The summed E-state index contributed by atoms with van der Waals surface area (Å²) in [5.74, 6) is -1.04. The topological polar surface area (TPSA) is 25.8 Å². The van der Waals surface area contributed by atoms with Crippen molar-refractivity contribution in [2.45, 2.75) is 19.6 Å². The van der Waals surface area contributed by atoms with E-state index in [2.05, 4.69) is 60.8 Å². The molecule has 2 aromatic heterocycles. The van der Waals surface area contributed by atoms with Crippen LogP contribution in [0.3, 0.4) is 0 Å². The Balaban J connectivity index is 0.000000368. The third-order valence-electron chi connectivity index (χ3n) is 2.51. The van der Waals surface area contributed by atoms with Crippen LogP contribution in [-0.4, -0.2) is 16.7 Å². The van der Waals surface area contributed by atoms with Crippen LogP contribution in [0.25, 0.3) is 20.8 Å². The third kappa shape index (κ3) is 5.04. The first-order chi connectivity index (χ1) is 11.1. The molecule has 2 heterocycles. The van der Waals surface area contributed by atoms with Crippen LogP contribution in [0.15, 0.2) is 29.0 Å². The summed E-state index contributed by atoms with van der Waals surface area (Å²) in [5.41, 5.74) is 0.331. The molecule has 3 rings (SSSR count). The predicted molar refractivity (Wildman–Crippen MR) is 108 cm³/mol. The Morgan fingerprint density at radius 1 is 1.17 bits per heavy atom. The lowest BCUT2D eigenvalue weighted by atomic mass is 10.2. The summed E-state index contributed by atoms with van der Waals surface area (Å²) in [6.45, 7) is 5.93. The highest BCUT2D eigenvalue weighted by molar-refractivity contribution is 9.26. The van der Waals surface area contributed by atoms with Gasteiger partial charge in [-0.25, -0.2) is 18.7 Å². The van der Waals surface area contributed by atoms with Crippen molar-refractivity contribution < 1.29 is 8.78 Å². The minimum absolute atomic E-state index is 0.154. The minimum atomic E-state index is -0.799. The molecule has 128 valence electrons. The Kier molecular flexibility index (Phi) is 6.52. The first-order valence-electron chi connectivity index (χ1n) is 6.81. The van der Waals surface area contributed by atoms with Crippen molar-refractivity contribution in [3.8, 4) is 10.6 Å². The fraction of sp³-hybridized carbons (Fsp3) is 0.200. The molecular weight excluding hydrogens is 502 g/mol. The summed E-state index contributed by atoms with van der Waals surface area (Å²) < 4.78 is 28.5. The average molecular weight is 515 g/mol. The van der Waals surface area contributed by atoms with Crippen molar-refractivity contribution in [2.24, 2.45) is 0 Å². The van der Waals surface area contributed by atoms with Gasteiger partial charge in [-0.2, -0.15) is 0 Å². The maximum Gasteiger partial charge on any atom is 0.168 e. The lowest BCUT2D eigenvalue weighted by Gasteiger charge is -2.00. The number of hydrogen-bond donors (Lipinski definition) is 0. The van der Waals surface area contributed by atoms with E-state index in [0.29, 0.717) is 14.3 Å². The number of nitrogens with zero attached hydrogens (tertiary/aromatic N) is 2. The van der Waals surface area contributed by atoms with Crippen molar-refractivity contribution in [3.63, 3.8) is 0 Å². The molecule has 0 aliphatic heterocycles. The predicted octanol–water partition coefficient (Wildman–Crippen LogP) is 7.27. The normalized spacial score (nSPS) is 11.3. The van der Waals surface area contributed by atoms with Crippen LogP contribution < -0.4 is 0 Å². The second kappa shape index (κ2) is 7.86. The lowest BCUT2D eigenvalue weighted by molar-refractivity contribution is 0.628. The molecular formula is C15H13Br2ClF2N2SSi. The molecule has 0 saturated heterocycles. The van der Waals surface area contributed by atoms with Gasteiger partial charge in [0.25, 0.3) is 0 Å². The van der Waals surface area contributed by atoms with Gasteiger partial charge in [0, 0.05) is 0 Å². The Bertz CT molecular complexity index is 819. The van der Waals surface area contributed by atoms with Crippen LogP contribution in [0.4, 0.5) is 8.78 Å². The molecule has 2 nitrogen and oxygen atoms in total. The average Bonchev–Trinajstić information content (AvgIpc) is 2.87. The fourth-order valence-corrected chi connectivity index (χ4v) is 3.52. The maximum atomic E-state index is 13.8. The molecule has 0 radical (unpaired) electrons. The van der Waals surface area contributed by atoms with E-state index in [0.717, 1.165) is 17.5 Å². The van der Waals surface area contributed by atoms with E-state index in [-0.39, 0.29) is 16.1 Å². The van der Waals surface area contributed by atoms with Crippen molar-refractivity contribution in [1.29, 1.82) is 0 Å². The molecule has 1 aromatic carbocycles. The number of fused-ring (bicyclic) bond motifs is 1. The summed E-state index contributed by atoms with van der Waals surface area (Å²) in [6.07, 6.45) is 1.07. The van der Waals surface area contributed by atoms with Crippen LogP contribution in [0.1, 0.15) is 0 Å². The summed E-state index contributed by atoms with van der Waals surface area (Å²) in [7, 11) is 0. The molecule has 0 saturated carbocycles. The van der Waals surface area contributed by atoms with Gasteiger partial charge in [-0.15, -0.1) is 26.6 Å². The highest BCUT2D eigenvalue weighted by Crippen LogP contribution is 2.38. The highest BCUT2D eigenvalue weighted by atomic mass is 79.9. The van der Waals surface area contributed by atoms with Crippen molar-refractivity contribution in [2.75, 3.05) is 0 Å². The van der Waals surface area contributed by atoms with Crippen molar-refractivity contribution >= 4 is 71.1 Å². The van der Waals surface area contributed by atoms with Gasteiger partial charge >= 0.3 is 0 Å². The molecule has 9 heteroatoms. The summed E-state index contributed by atoms with van der Waals surface area (Å²) in [6, 6.07) is 4.36. The van der Waals surface area contributed by atoms with Crippen molar-refractivity contribution in [3.05, 3.63) is 45.7 Å². The Labute approximate surface area is 165 Å². The molecule has 0 atom stereocenters. The van der Waals surface area contributed by atoms with Gasteiger partial charge in [0.05, 0.1) is 21.5 Å². The molecule has 0 aliphatic rings. The van der Waals surface area contributed by atoms with Crippen molar-refractivity contribution in [1.82, 2.24) is 9.97 Å². The number of aromatic nitrogens is 2. The molecule has 0 N–H and O–H groups in total. The third-order valence-corrected chi connectivity index (χ3v) is 4.77. The van der Waals surface area contributed by atoms with E-state index < -0.39 is 18.3 Å². The van der Waals surface area contributed by atoms with E-state index in [1.165, 1.54) is 12.1 Å². The van der Waals surface area contributed by atoms with E-state index in [1.807, 2.05) is 0 Å². The number of thiazole rings is 1. The van der Waals surface area contributed by atoms with Gasteiger partial charge in [0.15, 0.2) is 5.82 Å². The van der Waals surface area contributed by atoms with Crippen LogP contribution in [0, 0.1) is 11.6 Å². The molecule has 0 unspecified atom stereocenters. The zero-order chi connectivity index (χ0) is 18.1. The standard InChI is InChI=1S/C12H4BrClF2N2S.C3H9BrSi/c13-11-10-9(7(16)4-17-11)18-12(19-10)8-5(14)2-1-3-6(8)15;1-5(2,3)4/h1-4H;1-3H3. The zero-order valence-corrected chi connectivity index (χ0v) is 18.7. The maximum absolute atomic E-state index is 13.8. The highest BCUT2D eigenvalue weighted by Gasteiger charge is 2.18. The number of pyridine rings is 1. The Morgan fingerprint density at radius 3 is 2.33 bits per heavy atom. The zero-order valence-electron chi connectivity index (χ0n) is 13.0. The van der Waals surface area contributed by atoms with Crippen LogP contribution in [0.2, 0.25) is 24.7 Å². The van der Waals surface area contributed by atoms with E-state index in [4.69, 9.17) is 11.6 Å². The number of rotatable bonds is 1. The van der Waals surface area contributed by atoms with Gasteiger partial charge in [0.1, 0.15) is 27.6 Å². The SMILES string of the molecule is C[Si](C)(C)Br.Fc1cccc(Cl)c1-c1nc2c(F)cnc(Br)c2s1. The fourth-order valence-electron chi connectivity index (χ4n) is 1.66. The van der Waals surface area contributed by atoms with Gasteiger partial charge in [0.2, 0.25) is 0 Å². The largest absolute Gasteiger partial charge is 0.245 e. The summed E-state index contributed by atoms with van der Waals surface area (Å²) >= 11 is 13.8. The van der Waals surface area contributed by atoms with Gasteiger partial charge < -0.3 is 0 Å². The van der Waals surface area contributed by atoms with Gasteiger partial charge in [-0.3, -0.25) is 0 Å². The molecule has 0 spiro atoms. The smallest absolute Gasteiger partial charge is 0.168 e. The molecule has 3 aromatic rings. The first kappa shape index (κ1) is 19.9. The first-order valence-corrected chi connectivity index (χ1v) is 14.6. The molecule has 0 amide bonds. The molecule has 0 aliphatic carbocycles. The van der Waals surface area contributed by atoms with Crippen LogP contribution >= 0.6 is 54.2 Å². The van der Waals surface area contributed by atoms with Gasteiger partial charge in [-0.1, -0.05) is 37.3 Å². The van der Waals surface area contributed by atoms with E-state index in [9.17, 15) is 8.78 Å². The molecule has 0 bridgehead atoms. The number of hydrogen-bond acceptors (Lipinski definition) is 3. The minimum Gasteiger partial charge on any atom is -0.245 e. The number of benzene rings is 1. The second-order valence-corrected chi connectivity index (χ2v) is 19.2. The Hall–Kier alpha value is -0.413. The van der Waals surface area contributed by atoms with E-state index >= 15 is 0 Å². The second-order valence-electron chi connectivity index (χ2n) is 5.76. The summed E-state index contributed by atoms with van der Waals surface area (Å²) in [4.78, 5) is 7.96. The van der Waals surface area contributed by atoms with E-state index in [1.54, 1.807) is 6.07 Å². The monoisotopic (exact) mass is 512 g/mol. The number of halogens is 5. The lowest BCUT2D eigenvalue weighted by Crippen LogP contribution is -2.05. The Morgan fingerprint density at radius 2 is 1.79 bits per heavy atom. The quantitative estimate of drug-likeness (QED) is 0.194.